The Bertz CT molecular complexity index is 389. The number of hydrogen-bond donors (Lipinski definition) is 2. The second-order valence-corrected chi connectivity index (χ2v) is 3.97. The summed E-state index contributed by atoms with van der Waals surface area (Å²) in [6.07, 6.45) is 0.882. The first kappa shape index (κ1) is 11.1. The van der Waals surface area contributed by atoms with Gasteiger partial charge < -0.3 is 10.2 Å². The van der Waals surface area contributed by atoms with Crippen molar-refractivity contribution in [3.63, 3.8) is 0 Å². The second-order valence-electron chi connectivity index (χ2n) is 3.97. The summed E-state index contributed by atoms with van der Waals surface area (Å²) in [6, 6.07) is 1.83. The van der Waals surface area contributed by atoms with Crippen molar-refractivity contribution in [2.45, 2.75) is 26.1 Å². The van der Waals surface area contributed by atoms with E-state index in [0.29, 0.717) is 12.2 Å². The van der Waals surface area contributed by atoms with Crippen LogP contribution < -0.4 is 0 Å². The van der Waals surface area contributed by atoms with Gasteiger partial charge in [-0.3, -0.25) is 14.4 Å². The second kappa shape index (κ2) is 4.63. The summed E-state index contributed by atoms with van der Waals surface area (Å²) in [5.74, 6) is -0.810. The average Bonchev–Trinajstić information content (AvgIpc) is 2.51. The molecule has 16 heavy (non-hydrogen) atoms. The standard InChI is InChI=1S/C10H15N3O3/c14-7-8-4-9-5-12(6-10(15)16)2-1-3-13(9)11-8/h4,14H,1-3,5-7H2,(H,15,16). The van der Waals surface area contributed by atoms with Crippen LogP contribution in [0, 0.1) is 0 Å². The molecule has 0 aliphatic carbocycles. The molecule has 0 radical (unpaired) electrons. The summed E-state index contributed by atoms with van der Waals surface area (Å²) in [6.45, 7) is 2.12. The maximum absolute atomic E-state index is 10.6. The Morgan fingerprint density at radius 1 is 1.50 bits per heavy atom. The van der Waals surface area contributed by atoms with Crippen LogP contribution in [0.15, 0.2) is 6.07 Å². The average molecular weight is 225 g/mol. The zero-order chi connectivity index (χ0) is 11.5. The zero-order valence-electron chi connectivity index (χ0n) is 8.96. The molecule has 6 nitrogen and oxygen atoms in total. The molecule has 1 aromatic heterocycles. The van der Waals surface area contributed by atoms with Crippen LogP contribution in [0.25, 0.3) is 0 Å². The van der Waals surface area contributed by atoms with Gasteiger partial charge in [0.05, 0.1) is 24.5 Å². The van der Waals surface area contributed by atoms with Gasteiger partial charge in [0.15, 0.2) is 0 Å². The maximum Gasteiger partial charge on any atom is 0.317 e. The SMILES string of the molecule is O=C(O)CN1CCCn2nc(CO)cc2C1. The molecule has 2 heterocycles. The predicted molar refractivity (Wildman–Crippen MR) is 55.7 cm³/mol. The van der Waals surface area contributed by atoms with Crippen LogP contribution >= 0.6 is 0 Å². The van der Waals surface area contributed by atoms with Gasteiger partial charge in [0.25, 0.3) is 0 Å². The lowest BCUT2D eigenvalue weighted by Crippen LogP contribution is -2.29. The van der Waals surface area contributed by atoms with Crippen LogP contribution in [0.4, 0.5) is 0 Å². The Labute approximate surface area is 93.1 Å². The fraction of sp³-hybridized carbons (Fsp3) is 0.600. The Morgan fingerprint density at radius 3 is 3.00 bits per heavy atom. The van der Waals surface area contributed by atoms with E-state index in [1.54, 1.807) is 0 Å². The normalized spacial score (nSPS) is 16.8. The van der Waals surface area contributed by atoms with Crippen molar-refractivity contribution < 1.29 is 15.0 Å². The molecule has 2 rings (SSSR count). The highest BCUT2D eigenvalue weighted by Gasteiger charge is 2.17. The van der Waals surface area contributed by atoms with Gasteiger partial charge in [-0.2, -0.15) is 5.10 Å². The lowest BCUT2D eigenvalue weighted by molar-refractivity contribution is -0.138. The Kier molecular flexibility index (Phi) is 3.21. The van der Waals surface area contributed by atoms with Crippen LogP contribution in [0.2, 0.25) is 0 Å². The maximum atomic E-state index is 10.6. The minimum atomic E-state index is -0.810. The first-order chi connectivity index (χ1) is 7.69. The predicted octanol–water partition coefficient (Wildman–Crippen LogP) is -0.334. The Balaban J connectivity index is 2.13. The molecule has 0 atom stereocenters. The molecule has 88 valence electrons. The largest absolute Gasteiger partial charge is 0.480 e. The molecule has 0 fully saturated rings. The van der Waals surface area contributed by atoms with Crippen LogP contribution in [-0.2, 0) is 24.5 Å². The van der Waals surface area contributed by atoms with Crippen LogP contribution in [-0.4, -0.2) is 44.0 Å². The number of aliphatic hydroxyl groups excluding tert-OH is 1. The van der Waals surface area contributed by atoms with E-state index in [2.05, 4.69) is 5.10 Å². The number of rotatable bonds is 3. The van der Waals surface area contributed by atoms with Crippen LogP contribution in [0.5, 0.6) is 0 Å². The lowest BCUT2D eigenvalue weighted by atomic mass is 10.3. The fourth-order valence-electron chi connectivity index (χ4n) is 1.99. The smallest absolute Gasteiger partial charge is 0.317 e. The topological polar surface area (TPSA) is 78.6 Å². The van der Waals surface area contributed by atoms with Gasteiger partial charge >= 0.3 is 5.97 Å². The van der Waals surface area contributed by atoms with Crippen LogP contribution in [0.1, 0.15) is 17.8 Å². The molecule has 1 aliphatic heterocycles. The van der Waals surface area contributed by atoms with Gasteiger partial charge in [-0.15, -0.1) is 0 Å². The zero-order valence-corrected chi connectivity index (χ0v) is 8.96. The molecule has 0 amide bonds. The van der Waals surface area contributed by atoms with E-state index in [4.69, 9.17) is 10.2 Å². The van der Waals surface area contributed by atoms with Gasteiger partial charge in [0.1, 0.15) is 0 Å². The molecule has 2 N–H and O–H groups in total. The molecule has 0 spiro atoms. The molecule has 1 aromatic rings. The Morgan fingerprint density at radius 2 is 2.31 bits per heavy atom. The molecule has 0 bridgehead atoms. The van der Waals surface area contributed by atoms with Crippen molar-refractivity contribution in [3.05, 3.63) is 17.5 Å². The van der Waals surface area contributed by atoms with E-state index in [-0.39, 0.29) is 13.2 Å². The van der Waals surface area contributed by atoms with E-state index in [0.717, 1.165) is 25.2 Å². The minimum Gasteiger partial charge on any atom is -0.480 e. The molecule has 1 aliphatic rings. The van der Waals surface area contributed by atoms with E-state index in [9.17, 15) is 4.79 Å². The summed E-state index contributed by atoms with van der Waals surface area (Å²) in [5, 5.41) is 22.0. The van der Waals surface area contributed by atoms with Crippen molar-refractivity contribution in [3.8, 4) is 0 Å². The molecule has 6 heteroatoms. The molecule has 0 unspecified atom stereocenters. The number of carboxylic acids is 1. The number of nitrogens with zero attached hydrogens (tertiary/aromatic N) is 3. The highest BCUT2D eigenvalue weighted by molar-refractivity contribution is 5.69. The fourth-order valence-corrected chi connectivity index (χ4v) is 1.99. The molecule has 0 aromatic carbocycles. The summed E-state index contributed by atoms with van der Waals surface area (Å²) in [5.41, 5.74) is 1.62. The van der Waals surface area contributed by atoms with E-state index in [1.807, 2.05) is 15.6 Å². The highest BCUT2D eigenvalue weighted by Crippen LogP contribution is 2.13. The first-order valence-corrected chi connectivity index (χ1v) is 5.29. The number of aliphatic hydroxyl groups is 1. The van der Waals surface area contributed by atoms with Crippen molar-refractivity contribution in [1.29, 1.82) is 0 Å². The van der Waals surface area contributed by atoms with Crippen molar-refractivity contribution >= 4 is 5.97 Å². The quantitative estimate of drug-likeness (QED) is 0.736. The van der Waals surface area contributed by atoms with Crippen molar-refractivity contribution in [1.82, 2.24) is 14.7 Å². The van der Waals surface area contributed by atoms with Gasteiger partial charge in [0, 0.05) is 19.6 Å². The molecule has 0 saturated heterocycles. The van der Waals surface area contributed by atoms with Crippen LogP contribution in [0.3, 0.4) is 0 Å². The van der Waals surface area contributed by atoms with Gasteiger partial charge in [0.2, 0.25) is 0 Å². The number of fused-ring (bicyclic) bond motifs is 1. The third kappa shape index (κ3) is 2.40. The van der Waals surface area contributed by atoms with Crippen molar-refractivity contribution in [2.24, 2.45) is 0 Å². The van der Waals surface area contributed by atoms with Gasteiger partial charge in [-0.25, -0.2) is 0 Å². The lowest BCUT2D eigenvalue weighted by Gasteiger charge is -2.16. The van der Waals surface area contributed by atoms with E-state index < -0.39 is 5.97 Å². The molecular weight excluding hydrogens is 210 g/mol. The third-order valence-corrected chi connectivity index (χ3v) is 2.66. The Hall–Kier alpha value is -1.40. The number of carbonyl (C=O) groups is 1. The highest BCUT2D eigenvalue weighted by atomic mass is 16.4. The van der Waals surface area contributed by atoms with Crippen molar-refractivity contribution in [2.75, 3.05) is 13.1 Å². The van der Waals surface area contributed by atoms with Gasteiger partial charge in [-0.05, 0) is 12.5 Å². The minimum absolute atomic E-state index is 0.0552. The summed E-state index contributed by atoms with van der Waals surface area (Å²) >= 11 is 0. The van der Waals surface area contributed by atoms with E-state index >= 15 is 0 Å². The molecule has 0 saturated carbocycles. The van der Waals surface area contributed by atoms with E-state index in [1.165, 1.54) is 0 Å². The monoisotopic (exact) mass is 225 g/mol. The number of aliphatic carboxylic acids is 1. The first-order valence-electron chi connectivity index (χ1n) is 5.29. The number of hydrogen-bond acceptors (Lipinski definition) is 4. The van der Waals surface area contributed by atoms with Gasteiger partial charge in [-0.1, -0.05) is 0 Å². The number of aryl methyl sites for hydroxylation is 1. The number of carboxylic acid groups (broad SMARTS) is 1. The summed E-state index contributed by atoms with van der Waals surface area (Å²) in [7, 11) is 0. The third-order valence-electron chi connectivity index (χ3n) is 2.66. The summed E-state index contributed by atoms with van der Waals surface area (Å²) in [4.78, 5) is 12.5. The number of aromatic nitrogens is 2. The summed E-state index contributed by atoms with van der Waals surface area (Å²) < 4.78 is 1.85. The molecular formula is C10H15N3O3.